The predicted octanol–water partition coefficient (Wildman–Crippen LogP) is 4.26. The number of aromatic nitrogens is 1. The van der Waals surface area contributed by atoms with E-state index in [9.17, 15) is 4.79 Å². The molecule has 1 heterocycles. The number of carbonyl (C=O) groups excluding carboxylic acids is 1. The van der Waals surface area contributed by atoms with Gasteiger partial charge in [-0.2, -0.15) is 5.26 Å². The van der Waals surface area contributed by atoms with Gasteiger partial charge in [0.25, 0.3) is 0 Å². The molecule has 3 rings (SSSR count). The van der Waals surface area contributed by atoms with Gasteiger partial charge in [0.15, 0.2) is 0 Å². The number of rotatable bonds is 6. The van der Waals surface area contributed by atoms with Gasteiger partial charge >= 0.3 is 5.97 Å². The van der Waals surface area contributed by atoms with Gasteiger partial charge in [-0.1, -0.05) is 12.1 Å². The Morgan fingerprint density at radius 2 is 2.00 bits per heavy atom. The highest BCUT2D eigenvalue weighted by Crippen LogP contribution is 2.16. The zero-order valence-electron chi connectivity index (χ0n) is 14.1. The molecule has 0 fully saturated rings. The van der Waals surface area contributed by atoms with E-state index in [0.717, 1.165) is 16.3 Å². The Morgan fingerprint density at radius 1 is 1.19 bits per heavy atom. The topological polar surface area (TPSA) is 72.2 Å². The summed E-state index contributed by atoms with van der Waals surface area (Å²) >= 11 is 1.58. The van der Waals surface area contributed by atoms with Crippen molar-refractivity contribution in [1.82, 2.24) is 4.98 Å². The van der Waals surface area contributed by atoms with Crippen LogP contribution in [0.25, 0.3) is 0 Å². The Balaban J connectivity index is 1.54. The standard InChI is InChI=1S/C20H16N2O3S/c1-14-22-18(13-26-14)12-24-19-7-5-17(6-8-19)20(23)25-11-16-4-2-3-15(9-16)10-21/h2-9,13H,11-12H2,1H3. The summed E-state index contributed by atoms with van der Waals surface area (Å²) in [6, 6.07) is 15.8. The molecule has 2 aromatic carbocycles. The molecule has 0 bridgehead atoms. The second kappa shape index (κ2) is 8.28. The van der Waals surface area contributed by atoms with Crippen molar-refractivity contribution in [2.75, 3.05) is 0 Å². The first-order chi connectivity index (χ1) is 12.6. The van der Waals surface area contributed by atoms with Crippen LogP contribution in [0.1, 0.15) is 32.2 Å². The van der Waals surface area contributed by atoms with E-state index in [4.69, 9.17) is 14.7 Å². The van der Waals surface area contributed by atoms with Crippen molar-refractivity contribution in [3.05, 3.63) is 81.3 Å². The van der Waals surface area contributed by atoms with Gasteiger partial charge < -0.3 is 9.47 Å². The van der Waals surface area contributed by atoms with Gasteiger partial charge in [0.2, 0.25) is 0 Å². The van der Waals surface area contributed by atoms with Crippen molar-refractivity contribution in [3.63, 3.8) is 0 Å². The van der Waals surface area contributed by atoms with Crippen molar-refractivity contribution in [1.29, 1.82) is 5.26 Å². The third-order valence-corrected chi connectivity index (χ3v) is 4.39. The van der Waals surface area contributed by atoms with Crippen LogP contribution < -0.4 is 4.74 Å². The molecular weight excluding hydrogens is 348 g/mol. The van der Waals surface area contributed by atoms with Crippen molar-refractivity contribution in [2.45, 2.75) is 20.1 Å². The fourth-order valence-electron chi connectivity index (χ4n) is 2.28. The van der Waals surface area contributed by atoms with Crippen molar-refractivity contribution < 1.29 is 14.3 Å². The Labute approximate surface area is 155 Å². The van der Waals surface area contributed by atoms with Gasteiger partial charge in [-0.3, -0.25) is 0 Å². The molecule has 0 aliphatic heterocycles. The molecule has 3 aromatic rings. The normalized spacial score (nSPS) is 10.2. The number of carbonyl (C=O) groups is 1. The highest BCUT2D eigenvalue weighted by atomic mass is 32.1. The number of nitrogens with zero attached hydrogens (tertiary/aromatic N) is 2. The minimum absolute atomic E-state index is 0.121. The van der Waals surface area contributed by atoms with Crippen LogP contribution in [0, 0.1) is 18.3 Å². The molecule has 0 spiro atoms. The lowest BCUT2D eigenvalue weighted by atomic mass is 10.1. The van der Waals surface area contributed by atoms with Gasteiger partial charge in [-0.05, 0) is 48.9 Å². The van der Waals surface area contributed by atoms with Gasteiger partial charge in [0, 0.05) is 5.38 Å². The summed E-state index contributed by atoms with van der Waals surface area (Å²) in [5, 5.41) is 11.9. The number of ether oxygens (including phenoxy) is 2. The first-order valence-corrected chi connectivity index (χ1v) is 8.82. The maximum Gasteiger partial charge on any atom is 0.338 e. The summed E-state index contributed by atoms with van der Waals surface area (Å²) < 4.78 is 10.9. The summed E-state index contributed by atoms with van der Waals surface area (Å²) in [7, 11) is 0. The van der Waals surface area contributed by atoms with Crippen LogP contribution >= 0.6 is 11.3 Å². The van der Waals surface area contributed by atoms with Crippen molar-refractivity contribution >= 4 is 17.3 Å². The summed E-state index contributed by atoms with van der Waals surface area (Å²) in [6.07, 6.45) is 0. The van der Waals surface area contributed by atoms with Gasteiger partial charge in [-0.25, -0.2) is 9.78 Å². The lowest BCUT2D eigenvalue weighted by Crippen LogP contribution is -2.05. The first-order valence-electron chi connectivity index (χ1n) is 7.94. The number of hydrogen-bond donors (Lipinski definition) is 0. The molecular formula is C20H16N2O3S. The van der Waals surface area contributed by atoms with Gasteiger partial charge in [0.1, 0.15) is 19.0 Å². The lowest BCUT2D eigenvalue weighted by Gasteiger charge is -2.07. The summed E-state index contributed by atoms with van der Waals surface area (Å²) in [6.45, 7) is 2.46. The molecule has 0 aliphatic rings. The molecule has 0 aliphatic carbocycles. The molecule has 26 heavy (non-hydrogen) atoms. The van der Waals surface area contributed by atoms with Gasteiger partial charge in [-0.15, -0.1) is 11.3 Å². The fourth-order valence-corrected chi connectivity index (χ4v) is 2.88. The number of esters is 1. The van der Waals surface area contributed by atoms with Crippen LogP contribution in [0.5, 0.6) is 5.75 Å². The molecule has 0 atom stereocenters. The molecule has 0 saturated carbocycles. The van der Waals surface area contributed by atoms with E-state index in [1.165, 1.54) is 0 Å². The number of nitriles is 1. The SMILES string of the molecule is Cc1nc(COc2ccc(C(=O)OCc3cccc(C#N)c3)cc2)cs1. The zero-order valence-corrected chi connectivity index (χ0v) is 15.0. The summed E-state index contributed by atoms with van der Waals surface area (Å²) in [4.78, 5) is 16.5. The van der Waals surface area contributed by atoms with Crippen LogP contribution in [0.2, 0.25) is 0 Å². The second-order valence-electron chi connectivity index (χ2n) is 5.56. The van der Waals surface area contributed by atoms with E-state index in [-0.39, 0.29) is 6.61 Å². The summed E-state index contributed by atoms with van der Waals surface area (Å²) in [5.74, 6) is 0.239. The molecule has 130 valence electrons. The minimum atomic E-state index is -0.422. The summed E-state index contributed by atoms with van der Waals surface area (Å²) in [5.41, 5.74) is 2.64. The Morgan fingerprint density at radius 3 is 2.69 bits per heavy atom. The quantitative estimate of drug-likeness (QED) is 0.611. The highest BCUT2D eigenvalue weighted by molar-refractivity contribution is 7.09. The van der Waals surface area contributed by atoms with Crippen molar-refractivity contribution in [3.8, 4) is 11.8 Å². The molecule has 0 saturated heterocycles. The fraction of sp³-hybridized carbons (Fsp3) is 0.150. The van der Waals surface area contributed by atoms with Crippen LogP contribution in [0.15, 0.2) is 53.9 Å². The maximum absolute atomic E-state index is 12.1. The number of thiazole rings is 1. The van der Waals surface area contributed by atoms with Crippen LogP contribution in [-0.2, 0) is 18.0 Å². The smallest absolute Gasteiger partial charge is 0.338 e. The average Bonchev–Trinajstić information content (AvgIpc) is 3.10. The van der Waals surface area contributed by atoms with E-state index in [0.29, 0.717) is 23.5 Å². The second-order valence-corrected chi connectivity index (χ2v) is 6.62. The Kier molecular flexibility index (Phi) is 5.62. The lowest BCUT2D eigenvalue weighted by molar-refractivity contribution is 0.0472. The monoisotopic (exact) mass is 364 g/mol. The molecule has 0 amide bonds. The largest absolute Gasteiger partial charge is 0.487 e. The maximum atomic E-state index is 12.1. The minimum Gasteiger partial charge on any atom is -0.487 e. The third kappa shape index (κ3) is 4.68. The molecule has 0 N–H and O–H groups in total. The number of hydrogen-bond acceptors (Lipinski definition) is 6. The molecule has 0 radical (unpaired) electrons. The first kappa shape index (κ1) is 17.6. The van der Waals surface area contributed by atoms with E-state index >= 15 is 0 Å². The van der Waals surface area contributed by atoms with Crippen LogP contribution in [0.3, 0.4) is 0 Å². The number of aryl methyl sites for hydroxylation is 1. The number of benzene rings is 2. The van der Waals surface area contributed by atoms with Crippen molar-refractivity contribution in [2.24, 2.45) is 0 Å². The van der Waals surface area contributed by atoms with E-state index in [2.05, 4.69) is 11.1 Å². The predicted molar refractivity (Wildman–Crippen MR) is 97.9 cm³/mol. The van der Waals surface area contributed by atoms with Crippen LogP contribution in [0.4, 0.5) is 0 Å². The molecule has 1 aromatic heterocycles. The molecule has 0 unspecified atom stereocenters. The third-order valence-electron chi connectivity index (χ3n) is 3.57. The zero-order chi connectivity index (χ0) is 18.4. The van der Waals surface area contributed by atoms with Gasteiger partial charge in [0.05, 0.1) is 27.9 Å². The van der Waals surface area contributed by atoms with Crippen LogP contribution in [-0.4, -0.2) is 11.0 Å². The Bertz CT molecular complexity index is 942. The molecule has 6 heteroatoms. The highest BCUT2D eigenvalue weighted by Gasteiger charge is 2.08. The average molecular weight is 364 g/mol. The Hall–Kier alpha value is -3.17. The van der Waals surface area contributed by atoms with E-state index in [1.807, 2.05) is 18.4 Å². The molecule has 5 nitrogen and oxygen atoms in total. The van der Waals surface area contributed by atoms with E-state index in [1.54, 1.807) is 53.8 Å². The van der Waals surface area contributed by atoms with E-state index < -0.39 is 5.97 Å².